The summed E-state index contributed by atoms with van der Waals surface area (Å²) in [6.45, 7) is 1.97. The van der Waals surface area contributed by atoms with Crippen LogP contribution in [-0.4, -0.2) is 11.3 Å². The van der Waals surface area contributed by atoms with Crippen LogP contribution in [0.5, 0.6) is 0 Å². The molecule has 0 aliphatic rings. The van der Waals surface area contributed by atoms with E-state index >= 15 is 0 Å². The molecule has 0 fully saturated rings. The highest BCUT2D eigenvalue weighted by Crippen LogP contribution is 2.19. The van der Waals surface area contributed by atoms with Crippen molar-refractivity contribution in [2.75, 3.05) is 0 Å². The SMILES string of the molecule is C[C@H](CCc1ccc(C#CCCc2ccccc2)s1)C(N)O. The third-order valence-corrected chi connectivity index (χ3v) is 4.74. The van der Waals surface area contributed by atoms with Crippen LogP contribution in [0.15, 0.2) is 42.5 Å². The first-order valence-electron chi connectivity index (χ1n) is 7.70. The van der Waals surface area contributed by atoms with Crippen molar-refractivity contribution in [3.63, 3.8) is 0 Å². The van der Waals surface area contributed by atoms with Crippen molar-refractivity contribution in [3.05, 3.63) is 57.8 Å². The smallest absolute Gasteiger partial charge is 0.105 e. The van der Waals surface area contributed by atoms with Crippen molar-refractivity contribution in [2.45, 2.75) is 38.8 Å². The highest BCUT2D eigenvalue weighted by molar-refractivity contribution is 7.12. The molecule has 0 amide bonds. The Balaban J connectivity index is 1.78. The number of aliphatic hydroxyl groups is 1. The predicted molar refractivity (Wildman–Crippen MR) is 93.6 cm³/mol. The lowest BCUT2D eigenvalue weighted by Gasteiger charge is -2.12. The molecule has 1 aromatic carbocycles. The third-order valence-electron chi connectivity index (χ3n) is 3.68. The number of aliphatic hydroxyl groups excluding tert-OH is 1. The third kappa shape index (κ3) is 5.65. The van der Waals surface area contributed by atoms with Gasteiger partial charge in [-0.2, -0.15) is 0 Å². The molecule has 116 valence electrons. The van der Waals surface area contributed by atoms with Crippen LogP contribution in [0.2, 0.25) is 0 Å². The van der Waals surface area contributed by atoms with E-state index in [0.717, 1.165) is 30.6 Å². The summed E-state index contributed by atoms with van der Waals surface area (Å²) in [5.74, 6) is 6.61. The van der Waals surface area contributed by atoms with E-state index in [9.17, 15) is 5.11 Å². The second kappa shape index (κ2) is 8.75. The Labute approximate surface area is 137 Å². The van der Waals surface area contributed by atoms with Crippen LogP contribution in [0.1, 0.15) is 35.1 Å². The van der Waals surface area contributed by atoms with Gasteiger partial charge in [0.05, 0.1) is 4.88 Å². The van der Waals surface area contributed by atoms with Gasteiger partial charge in [-0.3, -0.25) is 0 Å². The number of thiophene rings is 1. The molecule has 0 aliphatic heterocycles. The minimum atomic E-state index is -0.725. The Hall–Kier alpha value is -1.60. The van der Waals surface area contributed by atoms with Crippen molar-refractivity contribution in [1.82, 2.24) is 0 Å². The molecule has 2 aromatic rings. The lowest BCUT2D eigenvalue weighted by atomic mass is 10.0. The molecule has 1 aromatic heterocycles. The summed E-state index contributed by atoms with van der Waals surface area (Å²) in [6, 6.07) is 14.6. The Morgan fingerprint density at radius 2 is 1.91 bits per heavy atom. The lowest BCUT2D eigenvalue weighted by Crippen LogP contribution is -2.27. The highest BCUT2D eigenvalue weighted by atomic mass is 32.1. The van der Waals surface area contributed by atoms with E-state index in [2.05, 4.69) is 48.2 Å². The Morgan fingerprint density at radius 1 is 1.14 bits per heavy atom. The van der Waals surface area contributed by atoms with Crippen LogP contribution < -0.4 is 5.73 Å². The number of hydrogen-bond acceptors (Lipinski definition) is 3. The molecule has 2 nitrogen and oxygen atoms in total. The molecule has 1 heterocycles. The van der Waals surface area contributed by atoms with Crippen molar-refractivity contribution in [2.24, 2.45) is 11.7 Å². The first-order valence-corrected chi connectivity index (χ1v) is 8.52. The molecule has 3 N–H and O–H groups in total. The van der Waals surface area contributed by atoms with Crippen molar-refractivity contribution in [3.8, 4) is 11.8 Å². The fraction of sp³-hybridized carbons (Fsp3) is 0.368. The summed E-state index contributed by atoms with van der Waals surface area (Å²) >= 11 is 1.74. The van der Waals surface area contributed by atoms with E-state index in [1.807, 2.05) is 13.0 Å². The van der Waals surface area contributed by atoms with E-state index in [1.54, 1.807) is 11.3 Å². The van der Waals surface area contributed by atoms with E-state index in [-0.39, 0.29) is 5.92 Å². The summed E-state index contributed by atoms with van der Waals surface area (Å²) < 4.78 is 0. The maximum atomic E-state index is 9.30. The van der Waals surface area contributed by atoms with Gasteiger partial charge in [0, 0.05) is 11.3 Å². The van der Waals surface area contributed by atoms with Crippen LogP contribution in [0.25, 0.3) is 0 Å². The number of rotatable bonds is 6. The van der Waals surface area contributed by atoms with Gasteiger partial charge in [-0.05, 0) is 42.9 Å². The topological polar surface area (TPSA) is 46.2 Å². The minimum absolute atomic E-state index is 0.127. The second-order valence-corrected chi connectivity index (χ2v) is 6.73. The highest BCUT2D eigenvalue weighted by Gasteiger charge is 2.09. The number of benzene rings is 1. The van der Waals surface area contributed by atoms with E-state index in [1.165, 1.54) is 10.4 Å². The van der Waals surface area contributed by atoms with Gasteiger partial charge in [-0.1, -0.05) is 49.1 Å². The molecule has 3 heteroatoms. The zero-order chi connectivity index (χ0) is 15.8. The zero-order valence-corrected chi connectivity index (χ0v) is 13.8. The zero-order valence-electron chi connectivity index (χ0n) is 13.0. The maximum absolute atomic E-state index is 9.30. The first kappa shape index (κ1) is 16.8. The molecule has 0 bridgehead atoms. The average molecular weight is 313 g/mol. The van der Waals surface area contributed by atoms with Crippen molar-refractivity contribution >= 4 is 11.3 Å². The number of aryl methyl sites for hydroxylation is 2. The molecule has 2 atom stereocenters. The van der Waals surface area contributed by atoms with Gasteiger partial charge in [0.1, 0.15) is 6.23 Å². The molecule has 22 heavy (non-hydrogen) atoms. The normalized spacial score (nSPS) is 13.2. The van der Waals surface area contributed by atoms with E-state index in [0.29, 0.717) is 0 Å². The Kier molecular flexibility index (Phi) is 6.67. The van der Waals surface area contributed by atoms with Gasteiger partial charge >= 0.3 is 0 Å². The van der Waals surface area contributed by atoms with Crippen LogP contribution in [-0.2, 0) is 12.8 Å². The van der Waals surface area contributed by atoms with Gasteiger partial charge in [0.15, 0.2) is 0 Å². The second-order valence-electron chi connectivity index (χ2n) is 5.56. The molecule has 0 aliphatic carbocycles. The lowest BCUT2D eigenvalue weighted by molar-refractivity contribution is 0.119. The molecule has 0 spiro atoms. The van der Waals surface area contributed by atoms with Gasteiger partial charge in [-0.25, -0.2) is 0 Å². The molecule has 0 saturated carbocycles. The van der Waals surface area contributed by atoms with Crippen LogP contribution in [0, 0.1) is 17.8 Å². The average Bonchev–Trinajstić information content (AvgIpc) is 2.98. The fourth-order valence-electron chi connectivity index (χ4n) is 2.12. The quantitative estimate of drug-likeness (QED) is 0.632. The summed E-state index contributed by atoms with van der Waals surface area (Å²) in [4.78, 5) is 2.42. The molecule has 0 saturated heterocycles. The first-order chi connectivity index (χ1) is 10.6. The van der Waals surface area contributed by atoms with E-state index < -0.39 is 6.23 Å². The van der Waals surface area contributed by atoms with Crippen LogP contribution in [0.4, 0.5) is 0 Å². The summed E-state index contributed by atoms with van der Waals surface area (Å²) in [5.41, 5.74) is 6.80. The molecule has 1 unspecified atom stereocenters. The van der Waals surface area contributed by atoms with Crippen molar-refractivity contribution in [1.29, 1.82) is 0 Å². The molecule has 0 radical (unpaired) electrons. The monoisotopic (exact) mass is 313 g/mol. The number of nitrogens with two attached hydrogens (primary N) is 1. The minimum Gasteiger partial charge on any atom is -0.379 e. The standard InChI is InChI=1S/C19H23NOS/c1-15(19(20)21)11-12-18-14-13-17(22-18)10-6-5-9-16-7-3-2-4-8-16/h2-4,7-8,13-15,19,21H,5,9,11-12,20H2,1H3/t15-,19?/m1/s1. The molecular weight excluding hydrogens is 290 g/mol. The van der Waals surface area contributed by atoms with Gasteiger partial charge in [0.2, 0.25) is 0 Å². The van der Waals surface area contributed by atoms with Crippen molar-refractivity contribution < 1.29 is 5.11 Å². The Morgan fingerprint density at radius 3 is 2.64 bits per heavy atom. The Bertz CT molecular complexity index is 622. The van der Waals surface area contributed by atoms with Gasteiger partial charge < -0.3 is 10.8 Å². The maximum Gasteiger partial charge on any atom is 0.105 e. The fourth-order valence-corrected chi connectivity index (χ4v) is 3.02. The van der Waals surface area contributed by atoms with Gasteiger partial charge in [0.25, 0.3) is 0 Å². The predicted octanol–water partition coefficient (Wildman–Crippen LogP) is 3.58. The van der Waals surface area contributed by atoms with Gasteiger partial charge in [-0.15, -0.1) is 11.3 Å². The van der Waals surface area contributed by atoms with Crippen LogP contribution in [0.3, 0.4) is 0 Å². The molecular formula is C19H23NOS. The largest absolute Gasteiger partial charge is 0.379 e. The number of hydrogen-bond donors (Lipinski definition) is 2. The summed E-state index contributed by atoms with van der Waals surface area (Å²) in [6.07, 6.45) is 3.01. The molecule has 2 rings (SSSR count). The van der Waals surface area contributed by atoms with E-state index in [4.69, 9.17) is 5.73 Å². The summed E-state index contributed by atoms with van der Waals surface area (Å²) in [5, 5.41) is 9.30. The van der Waals surface area contributed by atoms with Crippen LogP contribution >= 0.6 is 11.3 Å². The summed E-state index contributed by atoms with van der Waals surface area (Å²) in [7, 11) is 0.